The van der Waals surface area contributed by atoms with Crippen LogP contribution in [0, 0.1) is 17.0 Å². The number of carbonyl (C=O) groups excluding carboxylic acids is 1. The largest absolute Gasteiger partial charge is 0.462 e. The third-order valence-corrected chi connectivity index (χ3v) is 2.41. The van der Waals surface area contributed by atoms with E-state index in [1.807, 2.05) is 0 Å². The van der Waals surface area contributed by atoms with Crippen LogP contribution in [0.3, 0.4) is 0 Å². The number of benzene rings is 1. The number of hydrogen-bond donors (Lipinski definition) is 0. The molecule has 16 heavy (non-hydrogen) atoms. The van der Waals surface area contributed by atoms with E-state index in [-0.39, 0.29) is 17.9 Å². The second-order valence-corrected chi connectivity index (χ2v) is 4.01. The van der Waals surface area contributed by atoms with E-state index in [2.05, 4.69) is 15.9 Å². The molecule has 0 aliphatic heterocycles. The molecule has 0 aliphatic carbocycles. The van der Waals surface area contributed by atoms with Crippen LogP contribution in [0.4, 0.5) is 5.69 Å². The molecule has 1 aromatic rings. The van der Waals surface area contributed by atoms with Gasteiger partial charge in [-0.25, -0.2) is 4.79 Å². The normalized spacial score (nSPS) is 9.94. The molecular weight excluding hydrogens is 278 g/mol. The Labute approximate surface area is 101 Å². The Morgan fingerprint density at radius 3 is 2.69 bits per heavy atom. The second-order valence-electron chi connectivity index (χ2n) is 3.09. The molecule has 0 saturated heterocycles. The highest BCUT2D eigenvalue weighted by atomic mass is 79.9. The maximum absolute atomic E-state index is 11.6. The molecule has 0 heterocycles. The Hall–Kier alpha value is -1.43. The van der Waals surface area contributed by atoms with E-state index in [0.29, 0.717) is 10.0 Å². The summed E-state index contributed by atoms with van der Waals surface area (Å²) in [4.78, 5) is 21.8. The van der Waals surface area contributed by atoms with Gasteiger partial charge in [0, 0.05) is 10.5 Å². The zero-order chi connectivity index (χ0) is 12.3. The Kier molecular flexibility index (Phi) is 4.00. The third kappa shape index (κ3) is 2.57. The SMILES string of the molecule is CCOC(=O)c1c(C)cc(Br)cc1[N+](=O)[O-]. The summed E-state index contributed by atoms with van der Waals surface area (Å²) in [5.41, 5.74) is 0.278. The maximum Gasteiger partial charge on any atom is 0.345 e. The molecule has 1 rings (SSSR count). The van der Waals surface area contributed by atoms with Gasteiger partial charge in [-0.1, -0.05) is 15.9 Å². The smallest absolute Gasteiger partial charge is 0.345 e. The van der Waals surface area contributed by atoms with E-state index in [0.717, 1.165) is 0 Å². The van der Waals surface area contributed by atoms with Gasteiger partial charge in [0.05, 0.1) is 11.5 Å². The number of aryl methyl sites for hydroxylation is 1. The summed E-state index contributed by atoms with van der Waals surface area (Å²) in [6, 6.07) is 2.93. The van der Waals surface area contributed by atoms with Crippen LogP contribution in [0.2, 0.25) is 0 Å². The number of ether oxygens (including phenoxy) is 1. The molecule has 0 spiro atoms. The predicted octanol–water partition coefficient (Wildman–Crippen LogP) is 2.84. The van der Waals surface area contributed by atoms with Gasteiger partial charge in [-0.05, 0) is 25.5 Å². The minimum atomic E-state index is -0.667. The summed E-state index contributed by atoms with van der Waals surface area (Å²) in [5, 5.41) is 10.8. The van der Waals surface area contributed by atoms with Crippen LogP contribution >= 0.6 is 15.9 Å². The van der Waals surface area contributed by atoms with Crippen LogP contribution in [0.1, 0.15) is 22.8 Å². The van der Waals surface area contributed by atoms with Crippen molar-refractivity contribution in [2.24, 2.45) is 0 Å². The van der Waals surface area contributed by atoms with Crippen LogP contribution in [0.25, 0.3) is 0 Å². The van der Waals surface area contributed by atoms with Crippen molar-refractivity contribution >= 4 is 27.6 Å². The van der Waals surface area contributed by atoms with Crippen LogP contribution in [-0.4, -0.2) is 17.5 Å². The highest BCUT2D eigenvalue weighted by Crippen LogP contribution is 2.27. The van der Waals surface area contributed by atoms with Crippen LogP contribution < -0.4 is 0 Å². The van der Waals surface area contributed by atoms with Crippen molar-refractivity contribution in [1.82, 2.24) is 0 Å². The summed E-state index contributed by atoms with van der Waals surface area (Å²) < 4.78 is 5.34. The first-order chi connectivity index (χ1) is 7.47. The number of carbonyl (C=O) groups is 1. The first-order valence-corrected chi connectivity index (χ1v) is 5.38. The van der Waals surface area contributed by atoms with Gasteiger partial charge >= 0.3 is 5.97 Å². The second kappa shape index (κ2) is 5.07. The van der Waals surface area contributed by atoms with Gasteiger partial charge in [-0.15, -0.1) is 0 Å². The van der Waals surface area contributed by atoms with Crippen molar-refractivity contribution in [3.05, 3.63) is 37.8 Å². The lowest BCUT2D eigenvalue weighted by Crippen LogP contribution is -2.10. The van der Waals surface area contributed by atoms with E-state index in [4.69, 9.17) is 4.74 Å². The summed E-state index contributed by atoms with van der Waals surface area (Å²) in [6.07, 6.45) is 0. The molecule has 0 N–H and O–H groups in total. The third-order valence-electron chi connectivity index (χ3n) is 1.96. The van der Waals surface area contributed by atoms with Crippen molar-refractivity contribution in [3.63, 3.8) is 0 Å². The lowest BCUT2D eigenvalue weighted by atomic mass is 10.1. The molecule has 0 amide bonds. The van der Waals surface area contributed by atoms with E-state index in [1.165, 1.54) is 6.07 Å². The number of halogens is 1. The zero-order valence-electron chi connectivity index (χ0n) is 8.82. The summed E-state index contributed by atoms with van der Waals surface area (Å²) in [6.45, 7) is 3.47. The van der Waals surface area contributed by atoms with Gasteiger partial charge in [0.2, 0.25) is 0 Å². The predicted molar refractivity (Wildman–Crippen MR) is 61.5 cm³/mol. The minimum Gasteiger partial charge on any atom is -0.462 e. The van der Waals surface area contributed by atoms with Crippen LogP contribution in [-0.2, 0) is 4.74 Å². The Bertz CT molecular complexity index is 445. The average molecular weight is 288 g/mol. The Morgan fingerprint density at radius 1 is 1.56 bits per heavy atom. The molecule has 5 nitrogen and oxygen atoms in total. The molecule has 6 heteroatoms. The van der Waals surface area contributed by atoms with Crippen molar-refractivity contribution in [3.8, 4) is 0 Å². The summed E-state index contributed by atoms with van der Waals surface area (Å²) >= 11 is 3.15. The Morgan fingerprint density at radius 2 is 2.19 bits per heavy atom. The van der Waals surface area contributed by atoms with Crippen LogP contribution in [0.5, 0.6) is 0 Å². The monoisotopic (exact) mass is 287 g/mol. The van der Waals surface area contributed by atoms with E-state index < -0.39 is 10.9 Å². The highest BCUT2D eigenvalue weighted by Gasteiger charge is 2.24. The number of nitro groups is 1. The molecule has 0 radical (unpaired) electrons. The number of hydrogen-bond acceptors (Lipinski definition) is 4. The fourth-order valence-corrected chi connectivity index (χ4v) is 1.90. The molecular formula is C10H10BrNO4. The number of esters is 1. The standard InChI is InChI=1S/C10H10BrNO4/c1-3-16-10(13)9-6(2)4-7(11)5-8(9)12(14)15/h4-5H,3H2,1-2H3. The van der Waals surface area contributed by atoms with Gasteiger partial charge < -0.3 is 4.74 Å². The molecule has 1 aromatic carbocycles. The number of nitrogens with zero attached hydrogens (tertiary/aromatic N) is 1. The summed E-state index contributed by atoms with van der Waals surface area (Å²) in [7, 11) is 0. The Balaban J connectivity index is 3.35. The van der Waals surface area contributed by atoms with Gasteiger partial charge in [0.15, 0.2) is 0 Å². The zero-order valence-corrected chi connectivity index (χ0v) is 10.4. The van der Waals surface area contributed by atoms with E-state index in [1.54, 1.807) is 19.9 Å². The number of rotatable bonds is 3. The maximum atomic E-state index is 11.6. The molecule has 0 aliphatic rings. The first-order valence-electron chi connectivity index (χ1n) is 4.59. The van der Waals surface area contributed by atoms with Crippen molar-refractivity contribution in [2.75, 3.05) is 6.61 Å². The molecule has 0 unspecified atom stereocenters. The quantitative estimate of drug-likeness (QED) is 0.487. The topological polar surface area (TPSA) is 69.4 Å². The fraction of sp³-hybridized carbons (Fsp3) is 0.300. The first kappa shape index (κ1) is 12.6. The van der Waals surface area contributed by atoms with Crippen molar-refractivity contribution < 1.29 is 14.5 Å². The lowest BCUT2D eigenvalue weighted by Gasteiger charge is -2.06. The average Bonchev–Trinajstić information content (AvgIpc) is 2.16. The lowest BCUT2D eigenvalue weighted by molar-refractivity contribution is -0.385. The van der Waals surface area contributed by atoms with Crippen molar-refractivity contribution in [1.29, 1.82) is 0 Å². The van der Waals surface area contributed by atoms with Crippen LogP contribution in [0.15, 0.2) is 16.6 Å². The molecule has 0 fully saturated rings. The van der Waals surface area contributed by atoms with E-state index >= 15 is 0 Å². The highest BCUT2D eigenvalue weighted by molar-refractivity contribution is 9.10. The molecule has 0 aromatic heterocycles. The van der Waals surface area contributed by atoms with Gasteiger partial charge in [-0.2, -0.15) is 0 Å². The van der Waals surface area contributed by atoms with Gasteiger partial charge in [0.1, 0.15) is 5.56 Å². The fourth-order valence-electron chi connectivity index (χ4n) is 1.34. The van der Waals surface area contributed by atoms with Gasteiger partial charge in [0.25, 0.3) is 5.69 Å². The van der Waals surface area contributed by atoms with Crippen molar-refractivity contribution in [2.45, 2.75) is 13.8 Å². The minimum absolute atomic E-state index is 0.00931. The molecule has 0 saturated carbocycles. The molecule has 0 bridgehead atoms. The molecule has 0 atom stereocenters. The van der Waals surface area contributed by atoms with E-state index in [9.17, 15) is 14.9 Å². The van der Waals surface area contributed by atoms with Gasteiger partial charge in [-0.3, -0.25) is 10.1 Å². The molecule has 86 valence electrons. The summed E-state index contributed by atoms with van der Waals surface area (Å²) in [5.74, 6) is -0.667. The number of nitro benzene ring substituents is 1.